The molecular formula is C22H20Cl3F3N4O4S. The Morgan fingerprint density at radius 3 is 2.16 bits per heavy atom. The lowest BCUT2D eigenvalue weighted by atomic mass is 9.97. The molecule has 8 nitrogen and oxygen atoms in total. The standard InChI is InChI=1S/C22H20Cl3F3N4O4S/c23-13-3-1-12(2-4-13)7-17-21(34)30(11-22(26,27)28)10-19-31(9-16(29)20(33)32(17)19)37(35,36)18-6-5-14(24)8-15(18)25/h1-6,8,16-17,19H,7,9-11,29H2. The molecule has 0 radical (unpaired) electrons. The quantitative estimate of drug-likeness (QED) is 0.569. The van der Waals surface area contributed by atoms with Gasteiger partial charge in [-0.25, -0.2) is 8.42 Å². The highest BCUT2D eigenvalue weighted by Gasteiger charge is 2.54. The second kappa shape index (κ2) is 10.2. The number of halogens is 6. The highest BCUT2D eigenvalue weighted by atomic mass is 35.5. The lowest BCUT2D eigenvalue weighted by Crippen LogP contribution is -2.75. The predicted molar refractivity (Wildman–Crippen MR) is 131 cm³/mol. The van der Waals surface area contributed by atoms with Crippen LogP contribution in [0.4, 0.5) is 13.2 Å². The van der Waals surface area contributed by atoms with Crippen molar-refractivity contribution in [3.05, 3.63) is 63.1 Å². The van der Waals surface area contributed by atoms with Crippen LogP contribution in [-0.4, -0.2) is 78.4 Å². The topological polar surface area (TPSA) is 104 Å². The first-order valence-corrected chi connectivity index (χ1v) is 13.4. The third-order valence-electron chi connectivity index (χ3n) is 6.11. The maximum Gasteiger partial charge on any atom is 0.406 e. The molecule has 0 spiro atoms. The zero-order chi connectivity index (χ0) is 27.3. The summed E-state index contributed by atoms with van der Waals surface area (Å²) in [5.74, 6) is -1.73. The van der Waals surface area contributed by atoms with E-state index in [4.69, 9.17) is 40.5 Å². The van der Waals surface area contributed by atoms with Gasteiger partial charge < -0.3 is 15.5 Å². The van der Waals surface area contributed by atoms with E-state index in [-0.39, 0.29) is 21.4 Å². The Balaban J connectivity index is 1.80. The number of sulfonamides is 1. The first kappa shape index (κ1) is 27.9. The van der Waals surface area contributed by atoms with E-state index >= 15 is 0 Å². The molecular weight excluding hydrogens is 580 g/mol. The van der Waals surface area contributed by atoms with Gasteiger partial charge in [-0.2, -0.15) is 17.5 Å². The van der Waals surface area contributed by atoms with Crippen LogP contribution in [0.1, 0.15) is 5.56 Å². The van der Waals surface area contributed by atoms with E-state index < -0.39 is 65.9 Å². The highest BCUT2D eigenvalue weighted by Crippen LogP contribution is 2.35. The van der Waals surface area contributed by atoms with Gasteiger partial charge in [0.1, 0.15) is 23.6 Å². The lowest BCUT2D eigenvalue weighted by molar-refractivity contribution is -0.183. The fourth-order valence-corrected chi connectivity index (χ4v) is 6.96. The van der Waals surface area contributed by atoms with Gasteiger partial charge in [0.25, 0.3) is 0 Å². The number of benzene rings is 2. The van der Waals surface area contributed by atoms with Crippen LogP contribution in [0.5, 0.6) is 0 Å². The van der Waals surface area contributed by atoms with Gasteiger partial charge in [0.2, 0.25) is 21.8 Å². The minimum Gasteiger partial charge on any atom is -0.328 e. The van der Waals surface area contributed by atoms with Crippen LogP contribution in [0.25, 0.3) is 0 Å². The fourth-order valence-electron chi connectivity index (χ4n) is 4.49. The smallest absolute Gasteiger partial charge is 0.328 e. The molecule has 15 heteroatoms. The number of rotatable bonds is 5. The van der Waals surface area contributed by atoms with Crippen molar-refractivity contribution in [2.45, 2.75) is 35.7 Å². The van der Waals surface area contributed by atoms with Crippen LogP contribution in [0.2, 0.25) is 15.1 Å². The predicted octanol–water partition coefficient (Wildman–Crippen LogP) is 3.15. The van der Waals surface area contributed by atoms with Crippen molar-refractivity contribution in [3.8, 4) is 0 Å². The van der Waals surface area contributed by atoms with Crippen LogP contribution in [-0.2, 0) is 26.0 Å². The van der Waals surface area contributed by atoms with E-state index in [1.54, 1.807) is 12.1 Å². The van der Waals surface area contributed by atoms with Crippen molar-refractivity contribution in [2.75, 3.05) is 19.6 Å². The number of hydrogen-bond acceptors (Lipinski definition) is 5. The van der Waals surface area contributed by atoms with E-state index in [0.717, 1.165) is 15.3 Å². The molecule has 2 heterocycles. The third kappa shape index (κ3) is 5.69. The van der Waals surface area contributed by atoms with Gasteiger partial charge in [0.05, 0.1) is 17.6 Å². The van der Waals surface area contributed by atoms with Gasteiger partial charge in [0.15, 0.2) is 0 Å². The molecule has 2 aromatic rings. The summed E-state index contributed by atoms with van der Waals surface area (Å²) in [5, 5.41) is 0.337. The van der Waals surface area contributed by atoms with Crippen LogP contribution in [0.3, 0.4) is 0 Å². The van der Waals surface area contributed by atoms with Crippen molar-refractivity contribution in [3.63, 3.8) is 0 Å². The molecule has 3 atom stereocenters. The van der Waals surface area contributed by atoms with Crippen LogP contribution < -0.4 is 5.73 Å². The molecule has 4 rings (SSSR count). The fraction of sp³-hybridized carbons (Fsp3) is 0.364. The molecule has 2 aliphatic heterocycles. The number of amides is 2. The number of piperazine rings is 1. The summed E-state index contributed by atoms with van der Waals surface area (Å²) in [5.41, 5.74) is 6.49. The Bertz CT molecular complexity index is 1330. The largest absolute Gasteiger partial charge is 0.406 e. The molecule has 0 aliphatic carbocycles. The summed E-state index contributed by atoms with van der Waals surface area (Å²) in [4.78, 5) is 27.6. The minimum atomic E-state index is -4.76. The molecule has 0 bridgehead atoms. The zero-order valence-electron chi connectivity index (χ0n) is 18.8. The normalized spacial score (nSPS) is 23.4. The molecule has 3 unspecified atom stereocenters. The summed E-state index contributed by atoms with van der Waals surface area (Å²) < 4.78 is 68.3. The summed E-state index contributed by atoms with van der Waals surface area (Å²) in [6, 6.07) is 7.00. The molecule has 0 aromatic heterocycles. The summed E-state index contributed by atoms with van der Waals surface area (Å²) in [6.45, 7) is -2.86. The first-order valence-electron chi connectivity index (χ1n) is 10.8. The number of carbonyl (C=O) groups is 2. The molecule has 37 heavy (non-hydrogen) atoms. The number of carbonyl (C=O) groups excluding carboxylic acids is 2. The number of nitrogens with two attached hydrogens (primary N) is 1. The van der Waals surface area contributed by atoms with E-state index in [9.17, 15) is 31.2 Å². The lowest BCUT2D eigenvalue weighted by Gasteiger charge is -2.53. The van der Waals surface area contributed by atoms with Gasteiger partial charge in [-0.15, -0.1) is 0 Å². The molecule has 200 valence electrons. The van der Waals surface area contributed by atoms with Gasteiger partial charge in [0, 0.05) is 23.0 Å². The second-order valence-corrected chi connectivity index (χ2v) is 11.8. The third-order valence-corrected chi connectivity index (χ3v) is 8.94. The Labute approximate surface area is 225 Å². The highest BCUT2D eigenvalue weighted by molar-refractivity contribution is 7.89. The van der Waals surface area contributed by atoms with E-state index in [1.165, 1.54) is 24.3 Å². The molecule has 2 N–H and O–H groups in total. The van der Waals surface area contributed by atoms with Crippen molar-refractivity contribution < 1.29 is 31.2 Å². The SMILES string of the molecule is NC1CN(S(=O)(=O)c2ccc(Cl)cc2Cl)C2CN(CC(F)(F)F)C(=O)C(Cc3ccc(Cl)cc3)N2C1=O. The first-order chi connectivity index (χ1) is 17.2. The Morgan fingerprint density at radius 2 is 1.57 bits per heavy atom. The summed E-state index contributed by atoms with van der Waals surface area (Å²) in [6.07, 6.45) is -6.41. The molecule has 2 aromatic carbocycles. The summed E-state index contributed by atoms with van der Waals surface area (Å²) >= 11 is 17.9. The molecule has 0 saturated carbocycles. The second-order valence-electron chi connectivity index (χ2n) is 8.66. The van der Waals surface area contributed by atoms with Crippen molar-refractivity contribution in [1.82, 2.24) is 14.1 Å². The van der Waals surface area contributed by atoms with Crippen molar-refractivity contribution >= 4 is 56.6 Å². The van der Waals surface area contributed by atoms with Crippen LogP contribution in [0.15, 0.2) is 47.4 Å². The minimum absolute atomic E-state index is 0.166. The average molecular weight is 600 g/mol. The van der Waals surface area contributed by atoms with Crippen LogP contribution >= 0.6 is 34.8 Å². The molecule has 2 fully saturated rings. The Morgan fingerprint density at radius 1 is 0.946 bits per heavy atom. The van der Waals surface area contributed by atoms with E-state index in [1.807, 2.05) is 0 Å². The van der Waals surface area contributed by atoms with E-state index in [2.05, 4.69) is 0 Å². The van der Waals surface area contributed by atoms with Gasteiger partial charge in [-0.1, -0.05) is 46.9 Å². The monoisotopic (exact) mass is 598 g/mol. The number of nitrogens with zero attached hydrogens (tertiary/aromatic N) is 3. The maximum atomic E-state index is 13.7. The molecule has 2 aliphatic rings. The molecule has 2 saturated heterocycles. The number of hydrogen-bond donors (Lipinski definition) is 1. The van der Waals surface area contributed by atoms with Crippen molar-refractivity contribution in [1.29, 1.82) is 0 Å². The summed E-state index contributed by atoms with van der Waals surface area (Å²) in [7, 11) is -4.49. The van der Waals surface area contributed by atoms with Crippen molar-refractivity contribution in [2.24, 2.45) is 5.73 Å². The zero-order valence-corrected chi connectivity index (χ0v) is 21.9. The average Bonchev–Trinajstić information content (AvgIpc) is 2.79. The Hall–Kier alpha value is -2.09. The van der Waals surface area contributed by atoms with Crippen LogP contribution in [0, 0.1) is 0 Å². The molecule has 2 amide bonds. The Kier molecular flexibility index (Phi) is 7.72. The van der Waals surface area contributed by atoms with Gasteiger partial charge >= 0.3 is 6.18 Å². The van der Waals surface area contributed by atoms with Gasteiger partial charge in [-0.3, -0.25) is 9.59 Å². The number of fused-ring (bicyclic) bond motifs is 1. The maximum absolute atomic E-state index is 13.7. The number of alkyl halides is 3. The van der Waals surface area contributed by atoms with Gasteiger partial charge in [-0.05, 0) is 35.9 Å². The van der Waals surface area contributed by atoms with E-state index in [0.29, 0.717) is 15.5 Å².